The van der Waals surface area contributed by atoms with Gasteiger partial charge in [-0.05, 0) is 6.92 Å². The van der Waals surface area contributed by atoms with Crippen LogP contribution >= 0.6 is 0 Å². The summed E-state index contributed by atoms with van der Waals surface area (Å²) in [7, 11) is 1.50. The van der Waals surface area contributed by atoms with Gasteiger partial charge in [0.05, 0.1) is 12.8 Å². The van der Waals surface area contributed by atoms with Crippen LogP contribution in [0, 0.1) is 12.3 Å². The van der Waals surface area contributed by atoms with Gasteiger partial charge in [0.2, 0.25) is 5.88 Å². The molecule has 0 bridgehead atoms. The smallest absolute Gasteiger partial charge is 0.405 e. The molecule has 6 heteroatoms. The summed E-state index contributed by atoms with van der Waals surface area (Å²) in [4.78, 5) is 19.5. The van der Waals surface area contributed by atoms with E-state index in [2.05, 4.69) is 9.97 Å². The van der Waals surface area contributed by atoms with Crippen LogP contribution in [0.15, 0.2) is 6.20 Å². The molecule has 2 N–H and O–H groups in total. The topological polar surface area (TPSA) is 87.3 Å². The predicted molar refractivity (Wildman–Crippen MR) is 66.2 cm³/mol. The SMILES string of the molecule is COc1nc(C)cnc1C(OC(N)=O)C(C)(C)C. The minimum atomic E-state index is -0.848. The third-order valence-corrected chi connectivity index (χ3v) is 2.35. The maximum absolute atomic E-state index is 11.0. The van der Waals surface area contributed by atoms with Crippen LogP contribution in [0.5, 0.6) is 5.88 Å². The summed E-state index contributed by atoms with van der Waals surface area (Å²) in [5.41, 5.74) is 5.92. The lowest BCUT2D eigenvalue weighted by Crippen LogP contribution is -2.28. The summed E-state index contributed by atoms with van der Waals surface area (Å²) in [6, 6.07) is 0. The van der Waals surface area contributed by atoms with Gasteiger partial charge in [-0.15, -0.1) is 0 Å². The second-order valence-electron chi connectivity index (χ2n) is 5.09. The van der Waals surface area contributed by atoms with Gasteiger partial charge in [-0.1, -0.05) is 20.8 Å². The zero-order chi connectivity index (χ0) is 13.9. The van der Waals surface area contributed by atoms with Gasteiger partial charge in [-0.25, -0.2) is 14.8 Å². The molecule has 1 heterocycles. The molecular weight excluding hydrogens is 234 g/mol. The number of primary amides is 1. The van der Waals surface area contributed by atoms with Gasteiger partial charge in [-0.3, -0.25) is 0 Å². The number of carbonyl (C=O) groups is 1. The molecule has 0 saturated heterocycles. The van der Waals surface area contributed by atoms with Crippen molar-refractivity contribution in [2.24, 2.45) is 11.1 Å². The molecule has 6 nitrogen and oxygen atoms in total. The molecule has 1 amide bonds. The minimum absolute atomic E-state index is 0.344. The zero-order valence-corrected chi connectivity index (χ0v) is 11.4. The lowest BCUT2D eigenvalue weighted by atomic mass is 9.87. The number of nitrogens with zero attached hydrogens (tertiary/aromatic N) is 2. The van der Waals surface area contributed by atoms with Gasteiger partial charge >= 0.3 is 6.09 Å². The molecule has 18 heavy (non-hydrogen) atoms. The fourth-order valence-corrected chi connectivity index (χ4v) is 1.55. The highest BCUT2D eigenvalue weighted by atomic mass is 16.6. The number of hydrogen-bond donors (Lipinski definition) is 1. The van der Waals surface area contributed by atoms with Crippen molar-refractivity contribution >= 4 is 6.09 Å². The van der Waals surface area contributed by atoms with E-state index in [1.165, 1.54) is 7.11 Å². The van der Waals surface area contributed by atoms with Gasteiger partial charge in [0, 0.05) is 11.6 Å². The number of methoxy groups -OCH3 is 1. The zero-order valence-electron chi connectivity index (χ0n) is 11.4. The predicted octanol–water partition coefficient (Wildman–Crippen LogP) is 1.98. The van der Waals surface area contributed by atoms with Crippen LogP contribution in [0.25, 0.3) is 0 Å². The summed E-state index contributed by atoms with van der Waals surface area (Å²) in [5.74, 6) is 0.344. The Balaban J connectivity index is 3.24. The Kier molecular flexibility index (Phi) is 4.11. The monoisotopic (exact) mass is 253 g/mol. The van der Waals surface area contributed by atoms with E-state index in [9.17, 15) is 4.79 Å². The first kappa shape index (κ1) is 14.2. The highest BCUT2D eigenvalue weighted by Crippen LogP contribution is 2.38. The quantitative estimate of drug-likeness (QED) is 0.889. The number of aryl methyl sites for hydroxylation is 1. The molecule has 1 unspecified atom stereocenters. The average molecular weight is 253 g/mol. The normalized spacial score (nSPS) is 12.9. The van der Waals surface area contributed by atoms with E-state index in [1.807, 2.05) is 20.8 Å². The standard InChI is InChI=1S/C12H19N3O3/c1-7-6-14-8(10(15-7)17-5)9(12(2,3)4)18-11(13)16/h6,9H,1-5H3,(H2,13,16). The van der Waals surface area contributed by atoms with Crippen molar-refractivity contribution in [3.63, 3.8) is 0 Å². The van der Waals surface area contributed by atoms with Crippen molar-refractivity contribution in [3.05, 3.63) is 17.6 Å². The van der Waals surface area contributed by atoms with E-state index in [0.717, 1.165) is 5.69 Å². The van der Waals surface area contributed by atoms with Crippen LogP contribution in [0.1, 0.15) is 38.3 Å². The highest BCUT2D eigenvalue weighted by Gasteiger charge is 2.33. The van der Waals surface area contributed by atoms with E-state index < -0.39 is 12.2 Å². The van der Waals surface area contributed by atoms with Gasteiger partial charge in [0.25, 0.3) is 0 Å². The number of hydrogen-bond acceptors (Lipinski definition) is 5. The van der Waals surface area contributed by atoms with Crippen LogP contribution in [0.3, 0.4) is 0 Å². The molecule has 0 saturated carbocycles. The van der Waals surface area contributed by atoms with E-state index >= 15 is 0 Å². The van der Waals surface area contributed by atoms with Crippen molar-refractivity contribution in [2.45, 2.75) is 33.8 Å². The molecule has 0 spiro atoms. The van der Waals surface area contributed by atoms with Crippen LogP contribution in [0.2, 0.25) is 0 Å². The number of ether oxygens (including phenoxy) is 2. The van der Waals surface area contributed by atoms with Gasteiger partial charge in [-0.2, -0.15) is 0 Å². The molecule has 0 radical (unpaired) electrons. The van der Waals surface area contributed by atoms with Gasteiger partial charge < -0.3 is 15.2 Å². The Morgan fingerprint density at radius 3 is 2.50 bits per heavy atom. The van der Waals surface area contributed by atoms with Crippen molar-refractivity contribution in [2.75, 3.05) is 7.11 Å². The Labute approximate surface area is 107 Å². The fraction of sp³-hybridized carbons (Fsp3) is 0.583. The first-order valence-electron chi connectivity index (χ1n) is 5.59. The molecule has 1 atom stereocenters. The van der Waals surface area contributed by atoms with E-state index in [-0.39, 0.29) is 5.41 Å². The lowest BCUT2D eigenvalue weighted by molar-refractivity contribution is 0.0310. The molecule has 100 valence electrons. The van der Waals surface area contributed by atoms with Crippen LogP contribution < -0.4 is 10.5 Å². The molecule has 0 aliphatic heterocycles. The largest absolute Gasteiger partial charge is 0.480 e. The molecule has 1 rings (SSSR count). The van der Waals surface area contributed by atoms with Crippen molar-refractivity contribution < 1.29 is 14.3 Å². The van der Waals surface area contributed by atoms with Crippen LogP contribution in [-0.2, 0) is 4.74 Å². The molecule has 0 aromatic carbocycles. The second-order valence-corrected chi connectivity index (χ2v) is 5.09. The number of rotatable bonds is 3. The second kappa shape index (κ2) is 5.20. The van der Waals surface area contributed by atoms with Gasteiger partial charge in [0.15, 0.2) is 6.10 Å². The summed E-state index contributed by atoms with van der Waals surface area (Å²) < 4.78 is 10.3. The Bertz CT molecular complexity index is 441. The maximum Gasteiger partial charge on any atom is 0.405 e. The number of carbonyl (C=O) groups excluding carboxylic acids is 1. The molecular formula is C12H19N3O3. The Hall–Kier alpha value is -1.85. The van der Waals surface area contributed by atoms with Crippen LogP contribution in [0.4, 0.5) is 4.79 Å². The van der Waals surface area contributed by atoms with Crippen molar-refractivity contribution in [1.29, 1.82) is 0 Å². The first-order chi connectivity index (χ1) is 8.25. The molecule has 1 aromatic heterocycles. The third kappa shape index (κ3) is 3.32. The first-order valence-corrected chi connectivity index (χ1v) is 5.59. The number of amides is 1. The van der Waals surface area contributed by atoms with E-state index in [0.29, 0.717) is 11.6 Å². The molecule has 0 fully saturated rings. The van der Waals surface area contributed by atoms with Crippen molar-refractivity contribution in [1.82, 2.24) is 9.97 Å². The third-order valence-electron chi connectivity index (χ3n) is 2.35. The Morgan fingerprint density at radius 2 is 2.06 bits per heavy atom. The number of nitrogens with two attached hydrogens (primary N) is 1. The lowest BCUT2D eigenvalue weighted by Gasteiger charge is -2.29. The molecule has 1 aromatic rings. The minimum Gasteiger partial charge on any atom is -0.480 e. The average Bonchev–Trinajstić information content (AvgIpc) is 2.24. The summed E-state index contributed by atoms with van der Waals surface area (Å²) in [5, 5.41) is 0. The Morgan fingerprint density at radius 1 is 1.44 bits per heavy atom. The fourth-order valence-electron chi connectivity index (χ4n) is 1.55. The summed E-state index contributed by atoms with van der Waals surface area (Å²) in [6.07, 6.45) is 0.137. The molecule has 0 aliphatic rings. The van der Waals surface area contributed by atoms with Gasteiger partial charge in [0.1, 0.15) is 5.69 Å². The van der Waals surface area contributed by atoms with Crippen LogP contribution in [-0.4, -0.2) is 23.2 Å². The summed E-state index contributed by atoms with van der Waals surface area (Å²) >= 11 is 0. The number of aromatic nitrogens is 2. The summed E-state index contributed by atoms with van der Waals surface area (Å²) in [6.45, 7) is 7.56. The molecule has 0 aliphatic carbocycles. The highest BCUT2D eigenvalue weighted by molar-refractivity contribution is 5.65. The maximum atomic E-state index is 11.0. The van der Waals surface area contributed by atoms with E-state index in [4.69, 9.17) is 15.2 Å². The van der Waals surface area contributed by atoms with Crippen molar-refractivity contribution in [3.8, 4) is 5.88 Å². The van der Waals surface area contributed by atoms with E-state index in [1.54, 1.807) is 13.1 Å².